The van der Waals surface area contributed by atoms with Crippen LogP contribution in [0, 0.1) is 0 Å². The summed E-state index contributed by atoms with van der Waals surface area (Å²) in [5, 5.41) is 59.5. The zero-order chi connectivity index (χ0) is 31.6. The van der Waals surface area contributed by atoms with Crippen LogP contribution >= 0.6 is 0 Å². The number of para-hydroxylation sites is 2. The van der Waals surface area contributed by atoms with Gasteiger partial charge < -0.3 is 20.4 Å². The lowest BCUT2D eigenvalue weighted by molar-refractivity contribution is 0.405. The molecular weight excluding hydrogens is 580 g/mol. The van der Waals surface area contributed by atoms with Crippen LogP contribution in [-0.2, 0) is 0 Å². The molecule has 0 radical (unpaired) electrons. The Morgan fingerprint density at radius 1 is 0.326 bits per heavy atom. The molecule has 0 amide bonds. The first-order valence-corrected chi connectivity index (χ1v) is 14.2. The summed E-state index contributed by atoms with van der Waals surface area (Å²) in [6.45, 7) is 0. The quantitative estimate of drug-likeness (QED) is 0.147. The van der Waals surface area contributed by atoms with Gasteiger partial charge in [0.2, 0.25) is 0 Å². The fourth-order valence-corrected chi connectivity index (χ4v) is 5.07. The fraction of sp³-hybridized carbons (Fsp3) is 0. The summed E-state index contributed by atoms with van der Waals surface area (Å²) in [7, 11) is 0. The van der Waals surface area contributed by atoms with Gasteiger partial charge in [0.15, 0.2) is 34.6 Å². The van der Waals surface area contributed by atoms with E-state index in [-0.39, 0.29) is 23.0 Å². The molecule has 46 heavy (non-hydrogen) atoms. The Bertz CT molecular complexity index is 2040. The highest BCUT2D eigenvalue weighted by atomic mass is 16.3. The Balaban J connectivity index is 1.30. The molecule has 0 spiro atoms. The van der Waals surface area contributed by atoms with E-state index in [1.54, 1.807) is 48.5 Å². The number of hydrogen-bond donors (Lipinski definition) is 4. The van der Waals surface area contributed by atoms with Crippen molar-refractivity contribution in [3.05, 3.63) is 121 Å². The van der Waals surface area contributed by atoms with E-state index in [2.05, 4.69) is 20.4 Å². The number of phenols is 4. The van der Waals surface area contributed by atoms with Crippen molar-refractivity contribution in [3.63, 3.8) is 0 Å². The molecule has 10 nitrogen and oxygen atoms in total. The number of aromatic nitrogens is 6. The maximum atomic E-state index is 10.7. The number of nitrogens with zero attached hydrogens (tertiary/aromatic N) is 6. The predicted octanol–water partition coefficient (Wildman–Crippen LogP) is 6.88. The molecule has 222 valence electrons. The minimum Gasteiger partial charge on any atom is -0.504 e. The SMILES string of the molecule is Oc1cccc(-c2nc(-c3ccc(-c4nnc(-c5ccccc5)c(-c5cccc(O)c5O)n4)cc3)nnc2-c2ccccc2)c1O. The summed E-state index contributed by atoms with van der Waals surface area (Å²) < 4.78 is 0. The largest absolute Gasteiger partial charge is 0.504 e. The monoisotopic (exact) mass is 604 g/mol. The highest BCUT2D eigenvalue weighted by Gasteiger charge is 2.21. The molecule has 0 aliphatic heterocycles. The van der Waals surface area contributed by atoms with Crippen molar-refractivity contribution in [1.29, 1.82) is 0 Å². The third kappa shape index (κ3) is 5.20. The van der Waals surface area contributed by atoms with Gasteiger partial charge in [0.05, 0.1) is 0 Å². The van der Waals surface area contributed by atoms with Crippen LogP contribution in [0.5, 0.6) is 23.0 Å². The van der Waals surface area contributed by atoms with Crippen LogP contribution in [-0.4, -0.2) is 50.8 Å². The number of hydrogen-bond acceptors (Lipinski definition) is 10. The van der Waals surface area contributed by atoms with Crippen molar-refractivity contribution in [2.75, 3.05) is 0 Å². The highest BCUT2D eigenvalue weighted by molar-refractivity contribution is 5.84. The first kappa shape index (κ1) is 28.1. The molecule has 0 saturated heterocycles. The second-order valence-electron chi connectivity index (χ2n) is 10.3. The number of rotatable bonds is 6. The molecular formula is C36H24N6O4. The Hall–Kier alpha value is -6.68. The topological polar surface area (TPSA) is 158 Å². The van der Waals surface area contributed by atoms with Crippen LogP contribution in [0.25, 0.3) is 67.8 Å². The lowest BCUT2D eigenvalue weighted by Gasteiger charge is -2.12. The zero-order valence-electron chi connectivity index (χ0n) is 24.0. The lowest BCUT2D eigenvalue weighted by atomic mass is 10.0. The molecule has 4 N–H and O–H groups in total. The van der Waals surface area contributed by atoms with Gasteiger partial charge in [-0.1, -0.05) is 97.1 Å². The molecule has 0 aliphatic carbocycles. The first-order chi connectivity index (χ1) is 22.5. The molecule has 5 aromatic carbocycles. The van der Waals surface area contributed by atoms with Gasteiger partial charge in [-0.05, 0) is 24.3 Å². The number of aromatic hydroxyl groups is 4. The van der Waals surface area contributed by atoms with Gasteiger partial charge in [-0.2, -0.15) is 0 Å². The van der Waals surface area contributed by atoms with Crippen LogP contribution in [0.2, 0.25) is 0 Å². The summed E-state index contributed by atoms with van der Waals surface area (Å²) in [6.07, 6.45) is 0. The van der Waals surface area contributed by atoms with E-state index in [9.17, 15) is 20.4 Å². The highest BCUT2D eigenvalue weighted by Crippen LogP contribution is 2.41. The van der Waals surface area contributed by atoms with Crippen LogP contribution in [0.3, 0.4) is 0 Å². The number of benzene rings is 5. The normalized spacial score (nSPS) is 11.0. The van der Waals surface area contributed by atoms with E-state index in [0.29, 0.717) is 56.7 Å². The standard InChI is InChI=1S/C36H24N6O4/c43-27-15-7-13-25(33(27)45)31-29(21-9-3-1-4-10-21)39-41-35(37-31)23-17-19-24(20-18-23)36-38-32(26-14-8-16-28(44)34(26)46)30(40-42-36)22-11-5-2-6-12-22/h1-20,43-46H. The maximum Gasteiger partial charge on any atom is 0.182 e. The van der Waals surface area contributed by atoms with Gasteiger partial charge in [0.1, 0.15) is 22.8 Å². The van der Waals surface area contributed by atoms with Gasteiger partial charge >= 0.3 is 0 Å². The number of phenolic OH excluding ortho intramolecular Hbond substituents is 4. The Labute approximate surface area is 262 Å². The van der Waals surface area contributed by atoms with E-state index in [1.807, 2.05) is 60.7 Å². The Kier molecular flexibility index (Phi) is 7.20. The van der Waals surface area contributed by atoms with Crippen molar-refractivity contribution in [2.24, 2.45) is 0 Å². The van der Waals surface area contributed by atoms with Crippen LogP contribution in [0.4, 0.5) is 0 Å². The second kappa shape index (κ2) is 11.8. The van der Waals surface area contributed by atoms with E-state index in [4.69, 9.17) is 9.97 Å². The van der Waals surface area contributed by atoms with Crippen molar-refractivity contribution >= 4 is 0 Å². The molecule has 0 fully saturated rings. The van der Waals surface area contributed by atoms with Gasteiger partial charge in [0, 0.05) is 33.4 Å². The van der Waals surface area contributed by atoms with Crippen molar-refractivity contribution < 1.29 is 20.4 Å². The maximum absolute atomic E-state index is 10.7. The van der Waals surface area contributed by atoms with Gasteiger partial charge in [-0.25, -0.2) is 9.97 Å². The zero-order valence-corrected chi connectivity index (χ0v) is 24.0. The minimum absolute atomic E-state index is 0.272. The molecule has 0 aliphatic rings. The molecule has 0 atom stereocenters. The van der Waals surface area contributed by atoms with Crippen LogP contribution in [0.15, 0.2) is 121 Å². The van der Waals surface area contributed by atoms with Gasteiger partial charge in [-0.3, -0.25) is 0 Å². The Morgan fingerprint density at radius 2 is 0.717 bits per heavy atom. The first-order valence-electron chi connectivity index (χ1n) is 14.2. The molecule has 0 unspecified atom stereocenters. The molecule has 2 aromatic heterocycles. The second-order valence-corrected chi connectivity index (χ2v) is 10.3. The smallest absolute Gasteiger partial charge is 0.182 e. The molecule has 7 aromatic rings. The van der Waals surface area contributed by atoms with Crippen molar-refractivity contribution in [3.8, 4) is 90.8 Å². The molecule has 2 heterocycles. The average molecular weight is 605 g/mol. The summed E-state index contributed by atoms with van der Waals surface area (Å²) in [4.78, 5) is 9.54. The van der Waals surface area contributed by atoms with E-state index in [0.717, 1.165) is 11.1 Å². The summed E-state index contributed by atoms with van der Waals surface area (Å²) in [6, 6.07) is 35.2. The van der Waals surface area contributed by atoms with Crippen LogP contribution < -0.4 is 0 Å². The third-order valence-electron chi connectivity index (χ3n) is 7.41. The fourth-order valence-electron chi connectivity index (χ4n) is 5.07. The average Bonchev–Trinajstić information content (AvgIpc) is 3.11. The molecule has 0 bridgehead atoms. The summed E-state index contributed by atoms with van der Waals surface area (Å²) in [5.74, 6) is -0.560. The predicted molar refractivity (Wildman–Crippen MR) is 172 cm³/mol. The minimum atomic E-state index is -0.307. The van der Waals surface area contributed by atoms with Crippen molar-refractivity contribution in [2.45, 2.75) is 0 Å². The molecule has 7 rings (SSSR count). The van der Waals surface area contributed by atoms with E-state index in [1.165, 1.54) is 12.1 Å². The van der Waals surface area contributed by atoms with E-state index >= 15 is 0 Å². The van der Waals surface area contributed by atoms with Gasteiger partial charge in [-0.15, -0.1) is 20.4 Å². The van der Waals surface area contributed by atoms with Crippen molar-refractivity contribution in [1.82, 2.24) is 30.4 Å². The third-order valence-corrected chi connectivity index (χ3v) is 7.41. The molecule has 0 saturated carbocycles. The summed E-state index contributed by atoms with van der Waals surface area (Å²) in [5.41, 5.74) is 5.00. The van der Waals surface area contributed by atoms with Gasteiger partial charge in [0.25, 0.3) is 0 Å². The molecule has 10 heteroatoms. The lowest BCUT2D eigenvalue weighted by Crippen LogP contribution is -2.01. The van der Waals surface area contributed by atoms with E-state index < -0.39 is 0 Å². The summed E-state index contributed by atoms with van der Waals surface area (Å²) >= 11 is 0. The van der Waals surface area contributed by atoms with Crippen LogP contribution in [0.1, 0.15) is 0 Å². The Morgan fingerprint density at radius 3 is 1.11 bits per heavy atom.